The van der Waals surface area contributed by atoms with Gasteiger partial charge in [0.25, 0.3) is 0 Å². The van der Waals surface area contributed by atoms with Gasteiger partial charge < -0.3 is 5.11 Å². The fourth-order valence-electron chi connectivity index (χ4n) is 2.27. The molecule has 142 valence electrons. The first-order valence-corrected chi connectivity index (χ1v) is 8.99. The SMILES string of the molecule is C/C=C(\C)C=O.C=C(C)n1nc(-c2ccccc2)c2ccc(O)cc21.CC. The van der Waals surface area contributed by atoms with Gasteiger partial charge in [-0.25, -0.2) is 4.68 Å². The molecule has 0 fully saturated rings. The molecule has 0 spiro atoms. The van der Waals surface area contributed by atoms with Gasteiger partial charge in [0.05, 0.1) is 5.52 Å². The van der Waals surface area contributed by atoms with Crippen LogP contribution < -0.4 is 0 Å². The zero-order chi connectivity index (χ0) is 20.4. The number of hydrogen-bond acceptors (Lipinski definition) is 3. The molecule has 1 aromatic heterocycles. The van der Waals surface area contributed by atoms with Gasteiger partial charge in [0.15, 0.2) is 0 Å². The second kappa shape index (κ2) is 10.8. The van der Waals surface area contributed by atoms with Crippen LogP contribution in [-0.4, -0.2) is 21.2 Å². The van der Waals surface area contributed by atoms with Gasteiger partial charge in [-0.1, -0.05) is 56.8 Å². The Labute approximate surface area is 161 Å². The number of rotatable bonds is 3. The van der Waals surface area contributed by atoms with Crippen LogP contribution >= 0.6 is 0 Å². The van der Waals surface area contributed by atoms with Crippen LogP contribution in [0.4, 0.5) is 0 Å². The molecule has 4 nitrogen and oxygen atoms in total. The summed E-state index contributed by atoms with van der Waals surface area (Å²) in [6, 6.07) is 15.3. The Bertz CT molecular complexity index is 922. The van der Waals surface area contributed by atoms with Crippen LogP contribution in [0.15, 0.2) is 66.8 Å². The van der Waals surface area contributed by atoms with Crippen molar-refractivity contribution in [3.8, 4) is 17.0 Å². The molecular formula is C23H28N2O2. The van der Waals surface area contributed by atoms with E-state index in [0.717, 1.165) is 39.7 Å². The number of nitrogens with zero attached hydrogens (tertiary/aromatic N) is 2. The van der Waals surface area contributed by atoms with Crippen LogP contribution in [0.25, 0.3) is 27.9 Å². The number of fused-ring (bicyclic) bond motifs is 1. The minimum atomic E-state index is 0.231. The second-order valence-corrected chi connectivity index (χ2v) is 5.71. The summed E-state index contributed by atoms with van der Waals surface area (Å²) < 4.78 is 1.76. The highest BCUT2D eigenvalue weighted by Gasteiger charge is 2.12. The minimum Gasteiger partial charge on any atom is -0.508 e. The first kappa shape index (κ1) is 21.9. The smallest absolute Gasteiger partial charge is 0.145 e. The van der Waals surface area contributed by atoms with Gasteiger partial charge in [-0.05, 0) is 38.5 Å². The Morgan fingerprint density at radius 2 is 1.74 bits per heavy atom. The van der Waals surface area contributed by atoms with Crippen LogP contribution in [0.1, 0.15) is 34.6 Å². The molecule has 0 atom stereocenters. The Balaban J connectivity index is 0.000000392. The Hall–Kier alpha value is -3.14. The predicted molar refractivity (Wildman–Crippen MR) is 115 cm³/mol. The summed E-state index contributed by atoms with van der Waals surface area (Å²) in [5.74, 6) is 0.231. The molecule has 3 rings (SSSR count). The van der Waals surface area contributed by atoms with Crippen LogP contribution in [0.2, 0.25) is 0 Å². The van der Waals surface area contributed by atoms with Gasteiger partial charge in [-0.2, -0.15) is 5.10 Å². The molecule has 0 aliphatic heterocycles. The molecule has 4 heteroatoms. The summed E-state index contributed by atoms with van der Waals surface area (Å²) in [4.78, 5) is 9.67. The van der Waals surface area contributed by atoms with Crippen molar-refractivity contribution >= 4 is 22.9 Å². The van der Waals surface area contributed by atoms with Crippen LogP contribution in [-0.2, 0) is 4.79 Å². The number of carbonyl (C=O) groups is 1. The number of phenols is 1. The van der Waals surface area contributed by atoms with Crippen molar-refractivity contribution in [2.75, 3.05) is 0 Å². The number of aromatic hydroxyl groups is 1. The number of aromatic nitrogens is 2. The van der Waals surface area contributed by atoms with Crippen LogP contribution in [0.3, 0.4) is 0 Å². The lowest BCUT2D eigenvalue weighted by molar-refractivity contribution is -0.104. The molecule has 3 aromatic rings. The summed E-state index contributed by atoms with van der Waals surface area (Å²) in [7, 11) is 0. The Morgan fingerprint density at radius 1 is 1.11 bits per heavy atom. The van der Waals surface area contributed by atoms with Crippen molar-refractivity contribution < 1.29 is 9.90 Å². The van der Waals surface area contributed by atoms with E-state index >= 15 is 0 Å². The zero-order valence-electron chi connectivity index (χ0n) is 16.7. The number of phenolic OH excluding ortho intramolecular Hbond substituents is 1. The van der Waals surface area contributed by atoms with E-state index in [1.807, 2.05) is 64.1 Å². The van der Waals surface area contributed by atoms with Gasteiger partial charge in [0.1, 0.15) is 17.7 Å². The van der Waals surface area contributed by atoms with Crippen molar-refractivity contribution in [1.82, 2.24) is 9.78 Å². The second-order valence-electron chi connectivity index (χ2n) is 5.71. The normalized spacial score (nSPS) is 10.3. The molecule has 27 heavy (non-hydrogen) atoms. The van der Waals surface area contributed by atoms with E-state index in [1.54, 1.807) is 29.8 Å². The van der Waals surface area contributed by atoms with Crippen molar-refractivity contribution in [2.45, 2.75) is 34.6 Å². The van der Waals surface area contributed by atoms with E-state index in [2.05, 4.69) is 11.7 Å². The number of benzene rings is 2. The zero-order valence-corrected chi connectivity index (χ0v) is 16.7. The Kier molecular flexibility index (Phi) is 8.73. The van der Waals surface area contributed by atoms with E-state index in [4.69, 9.17) is 0 Å². The first-order chi connectivity index (χ1) is 13.0. The number of allylic oxidation sites excluding steroid dienone is 3. The Morgan fingerprint density at radius 3 is 2.22 bits per heavy atom. The third-order valence-electron chi connectivity index (χ3n) is 3.71. The van der Waals surface area contributed by atoms with Crippen LogP contribution in [0, 0.1) is 0 Å². The van der Waals surface area contributed by atoms with Gasteiger partial charge in [-0.3, -0.25) is 4.79 Å². The molecule has 0 bridgehead atoms. The van der Waals surface area contributed by atoms with Gasteiger partial charge in [0, 0.05) is 22.7 Å². The molecule has 0 saturated carbocycles. The van der Waals surface area contributed by atoms with E-state index in [9.17, 15) is 9.90 Å². The van der Waals surface area contributed by atoms with Crippen molar-refractivity contribution in [3.05, 3.63) is 66.8 Å². The lowest BCUT2D eigenvalue weighted by atomic mass is 10.1. The van der Waals surface area contributed by atoms with Gasteiger partial charge in [0.2, 0.25) is 0 Å². The summed E-state index contributed by atoms with van der Waals surface area (Å²) in [5.41, 5.74) is 4.43. The highest BCUT2D eigenvalue weighted by molar-refractivity contribution is 5.95. The van der Waals surface area contributed by atoms with Crippen molar-refractivity contribution in [3.63, 3.8) is 0 Å². The molecule has 0 unspecified atom stereocenters. The third kappa shape index (κ3) is 5.68. The van der Waals surface area contributed by atoms with E-state index in [-0.39, 0.29) is 5.75 Å². The number of carbonyl (C=O) groups excluding carboxylic acids is 1. The van der Waals surface area contributed by atoms with E-state index < -0.39 is 0 Å². The standard InChI is InChI=1S/C16H14N2O.C5H8O.C2H6/c1-11(2)18-15-10-13(19)8-9-14(15)16(17-18)12-6-4-3-5-7-12;1-3-5(2)4-6;1-2/h3-10,19H,1H2,2H3;3-4H,1-2H3;1-2H3/b;5-3+;. The first-order valence-electron chi connectivity index (χ1n) is 8.99. The lowest BCUT2D eigenvalue weighted by Gasteiger charge is -2.00. The molecular weight excluding hydrogens is 336 g/mol. The molecule has 0 saturated heterocycles. The minimum absolute atomic E-state index is 0.231. The summed E-state index contributed by atoms with van der Waals surface area (Å²) in [6.45, 7) is 13.4. The number of hydrogen-bond donors (Lipinski definition) is 1. The predicted octanol–water partition coefficient (Wildman–Crippen LogP) is 6.08. The summed E-state index contributed by atoms with van der Waals surface area (Å²) >= 11 is 0. The maximum Gasteiger partial charge on any atom is 0.145 e. The quantitative estimate of drug-likeness (QED) is 0.453. The number of aldehydes is 1. The summed E-state index contributed by atoms with van der Waals surface area (Å²) in [6.07, 6.45) is 2.60. The fraction of sp³-hybridized carbons (Fsp3) is 0.217. The molecule has 0 radical (unpaired) electrons. The monoisotopic (exact) mass is 364 g/mol. The van der Waals surface area contributed by atoms with Gasteiger partial charge >= 0.3 is 0 Å². The lowest BCUT2D eigenvalue weighted by Crippen LogP contribution is -1.94. The van der Waals surface area contributed by atoms with Crippen molar-refractivity contribution in [1.29, 1.82) is 0 Å². The fourth-order valence-corrected chi connectivity index (χ4v) is 2.27. The topological polar surface area (TPSA) is 55.1 Å². The molecule has 2 aromatic carbocycles. The molecule has 0 aliphatic rings. The van der Waals surface area contributed by atoms with Gasteiger partial charge in [-0.15, -0.1) is 0 Å². The maximum absolute atomic E-state index is 9.67. The largest absolute Gasteiger partial charge is 0.508 e. The average Bonchev–Trinajstić information content (AvgIpc) is 3.09. The van der Waals surface area contributed by atoms with E-state index in [1.165, 1.54) is 0 Å². The molecule has 1 N–H and O–H groups in total. The highest BCUT2D eigenvalue weighted by Crippen LogP contribution is 2.31. The maximum atomic E-state index is 9.67. The molecule has 1 heterocycles. The van der Waals surface area contributed by atoms with Crippen molar-refractivity contribution in [2.24, 2.45) is 0 Å². The summed E-state index contributed by atoms with van der Waals surface area (Å²) in [5, 5.41) is 15.3. The molecule has 0 aliphatic carbocycles. The third-order valence-corrected chi connectivity index (χ3v) is 3.71. The van der Waals surface area contributed by atoms with Crippen LogP contribution in [0.5, 0.6) is 5.75 Å². The van der Waals surface area contributed by atoms with E-state index in [0.29, 0.717) is 0 Å². The molecule has 0 amide bonds. The highest BCUT2D eigenvalue weighted by atomic mass is 16.3. The average molecular weight is 364 g/mol.